The van der Waals surface area contributed by atoms with Crippen molar-refractivity contribution in [1.82, 2.24) is 0 Å². The van der Waals surface area contributed by atoms with Gasteiger partial charge in [0, 0.05) is 5.57 Å². The van der Waals surface area contributed by atoms with E-state index in [1.807, 2.05) is 0 Å². The number of nitrogens with zero attached hydrogens (tertiary/aromatic N) is 1. The Morgan fingerprint density at radius 2 is 2.27 bits per heavy atom. The van der Waals surface area contributed by atoms with Crippen molar-refractivity contribution in [3.63, 3.8) is 0 Å². The zero-order chi connectivity index (χ0) is 7.68. The molecule has 11 heavy (non-hydrogen) atoms. The first-order chi connectivity index (χ1) is 5.42. The average molecular weight is 145 g/mol. The summed E-state index contributed by atoms with van der Waals surface area (Å²) in [5.41, 5.74) is 2.37. The molecule has 0 atom stereocenters. The summed E-state index contributed by atoms with van der Waals surface area (Å²) in [5, 5.41) is 8.80. The third kappa shape index (κ3) is 1.21. The van der Waals surface area contributed by atoms with Crippen LogP contribution in [-0.2, 0) is 0 Å². The van der Waals surface area contributed by atoms with Crippen molar-refractivity contribution in [2.24, 2.45) is 5.92 Å². The Kier molecular flexibility index (Phi) is 1.54. The molecular weight excluding hydrogens is 134 g/mol. The van der Waals surface area contributed by atoms with Crippen molar-refractivity contribution >= 4 is 0 Å². The second kappa shape index (κ2) is 2.54. The normalized spacial score (nSPS) is 23.5. The molecule has 56 valence electrons. The van der Waals surface area contributed by atoms with Gasteiger partial charge in [0.05, 0.1) is 6.07 Å². The maximum absolute atomic E-state index is 8.80. The lowest BCUT2D eigenvalue weighted by Crippen LogP contribution is -1.94. The summed E-state index contributed by atoms with van der Waals surface area (Å²) in [7, 11) is 0. The molecule has 2 aliphatic carbocycles. The Balaban J connectivity index is 2.29. The second-order valence-corrected chi connectivity index (χ2v) is 3.26. The smallest absolute Gasteiger partial charge is 0.0950 e. The first-order valence-corrected chi connectivity index (χ1v) is 4.21. The monoisotopic (exact) mass is 145 g/mol. The highest BCUT2D eigenvalue weighted by molar-refractivity contribution is 5.41. The molecule has 0 unspecified atom stereocenters. The van der Waals surface area contributed by atoms with Crippen LogP contribution in [-0.4, -0.2) is 0 Å². The van der Waals surface area contributed by atoms with E-state index in [1.54, 1.807) is 0 Å². The molecular formula is C10H11N. The third-order valence-corrected chi connectivity index (χ3v) is 2.36. The van der Waals surface area contributed by atoms with Crippen LogP contribution in [0.25, 0.3) is 0 Å². The Morgan fingerprint density at radius 3 is 2.91 bits per heavy atom. The highest BCUT2D eigenvalue weighted by Crippen LogP contribution is 2.40. The van der Waals surface area contributed by atoms with Crippen LogP contribution in [0.15, 0.2) is 23.3 Å². The van der Waals surface area contributed by atoms with Crippen molar-refractivity contribution in [2.45, 2.75) is 25.7 Å². The minimum absolute atomic E-state index is 0.737. The molecule has 1 nitrogen and oxygen atoms in total. The molecule has 1 heteroatoms. The Bertz CT molecular complexity index is 261. The quantitative estimate of drug-likeness (QED) is 0.556. The lowest BCUT2D eigenvalue weighted by molar-refractivity contribution is 0.915. The number of rotatable bonds is 1. The first kappa shape index (κ1) is 6.67. The fraction of sp³-hybridized carbons (Fsp3) is 0.500. The Labute approximate surface area is 67.0 Å². The van der Waals surface area contributed by atoms with Crippen LogP contribution < -0.4 is 0 Å². The van der Waals surface area contributed by atoms with Gasteiger partial charge in [0.2, 0.25) is 0 Å². The van der Waals surface area contributed by atoms with Gasteiger partial charge in [-0.05, 0) is 37.2 Å². The van der Waals surface area contributed by atoms with Crippen LogP contribution in [0.3, 0.4) is 0 Å². The van der Waals surface area contributed by atoms with Crippen LogP contribution in [0.5, 0.6) is 0 Å². The summed E-state index contributed by atoms with van der Waals surface area (Å²) in [5.74, 6) is 0.737. The van der Waals surface area contributed by atoms with Gasteiger partial charge in [0.15, 0.2) is 0 Å². The van der Waals surface area contributed by atoms with Crippen molar-refractivity contribution in [3.8, 4) is 6.07 Å². The van der Waals surface area contributed by atoms with Crippen molar-refractivity contribution in [3.05, 3.63) is 23.3 Å². The van der Waals surface area contributed by atoms with Crippen LogP contribution >= 0.6 is 0 Å². The molecule has 0 bridgehead atoms. The Morgan fingerprint density at radius 1 is 1.45 bits per heavy atom. The Hall–Kier alpha value is -1.03. The van der Waals surface area contributed by atoms with E-state index in [2.05, 4.69) is 18.2 Å². The van der Waals surface area contributed by atoms with Gasteiger partial charge < -0.3 is 0 Å². The van der Waals surface area contributed by atoms with Gasteiger partial charge in [-0.25, -0.2) is 0 Å². The van der Waals surface area contributed by atoms with Gasteiger partial charge in [-0.2, -0.15) is 5.26 Å². The fourth-order valence-electron chi connectivity index (χ4n) is 1.58. The molecule has 0 aromatic heterocycles. The molecule has 0 aromatic carbocycles. The predicted molar refractivity (Wildman–Crippen MR) is 43.7 cm³/mol. The molecule has 2 rings (SSSR count). The summed E-state index contributed by atoms with van der Waals surface area (Å²) in [4.78, 5) is 0. The molecule has 0 saturated heterocycles. The minimum Gasteiger partial charge on any atom is -0.193 e. The summed E-state index contributed by atoms with van der Waals surface area (Å²) in [6, 6.07) is 2.30. The summed E-state index contributed by atoms with van der Waals surface area (Å²) in [6.45, 7) is 0. The topological polar surface area (TPSA) is 23.8 Å². The zero-order valence-corrected chi connectivity index (χ0v) is 6.51. The number of allylic oxidation sites excluding steroid dienone is 4. The molecule has 0 amide bonds. The summed E-state index contributed by atoms with van der Waals surface area (Å²) in [6.07, 6.45) is 8.96. The highest BCUT2D eigenvalue weighted by atomic mass is 14.3. The lowest BCUT2D eigenvalue weighted by Gasteiger charge is -2.08. The maximum atomic E-state index is 8.80. The second-order valence-electron chi connectivity index (χ2n) is 3.26. The fourth-order valence-corrected chi connectivity index (χ4v) is 1.58. The molecule has 0 aromatic rings. The summed E-state index contributed by atoms with van der Waals surface area (Å²) < 4.78 is 0. The molecule has 0 aliphatic heterocycles. The molecule has 0 spiro atoms. The molecule has 1 fully saturated rings. The van der Waals surface area contributed by atoms with Gasteiger partial charge in [-0.3, -0.25) is 0 Å². The van der Waals surface area contributed by atoms with E-state index in [4.69, 9.17) is 5.26 Å². The SMILES string of the molecule is N#CC1=C(C2CC2)C=CCC1. The average Bonchev–Trinajstić information content (AvgIpc) is 2.87. The number of hydrogen-bond donors (Lipinski definition) is 0. The van der Waals surface area contributed by atoms with E-state index in [-0.39, 0.29) is 0 Å². The molecule has 1 saturated carbocycles. The van der Waals surface area contributed by atoms with Gasteiger partial charge in [0.25, 0.3) is 0 Å². The predicted octanol–water partition coefficient (Wildman–Crippen LogP) is 2.57. The van der Waals surface area contributed by atoms with Crippen molar-refractivity contribution in [2.75, 3.05) is 0 Å². The van der Waals surface area contributed by atoms with E-state index in [0.717, 1.165) is 24.3 Å². The number of nitriles is 1. The van der Waals surface area contributed by atoms with Gasteiger partial charge in [0.1, 0.15) is 0 Å². The van der Waals surface area contributed by atoms with Crippen molar-refractivity contribution in [1.29, 1.82) is 5.26 Å². The van der Waals surface area contributed by atoms with E-state index >= 15 is 0 Å². The lowest BCUT2D eigenvalue weighted by atomic mass is 9.95. The van der Waals surface area contributed by atoms with Crippen LogP contribution in [0.2, 0.25) is 0 Å². The number of hydrogen-bond acceptors (Lipinski definition) is 1. The van der Waals surface area contributed by atoms with Crippen LogP contribution in [0.1, 0.15) is 25.7 Å². The first-order valence-electron chi connectivity index (χ1n) is 4.21. The molecule has 0 radical (unpaired) electrons. The van der Waals surface area contributed by atoms with E-state index in [1.165, 1.54) is 18.4 Å². The van der Waals surface area contributed by atoms with Crippen LogP contribution in [0, 0.1) is 17.2 Å². The standard InChI is InChI=1S/C10H11N/c11-7-9-3-1-2-4-10(9)8-5-6-8/h2,4,8H,1,3,5-6H2. The molecule has 0 heterocycles. The van der Waals surface area contributed by atoms with E-state index < -0.39 is 0 Å². The zero-order valence-electron chi connectivity index (χ0n) is 6.51. The minimum atomic E-state index is 0.737. The van der Waals surface area contributed by atoms with Gasteiger partial charge >= 0.3 is 0 Å². The van der Waals surface area contributed by atoms with Gasteiger partial charge in [-0.15, -0.1) is 0 Å². The largest absolute Gasteiger partial charge is 0.193 e. The highest BCUT2D eigenvalue weighted by Gasteiger charge is 2.27. The van der Waals surface area contributed by atoms with Crippen LogP contribution in [0.4, 0.5) is 0 Å². The van der Waals surface area contributed by atoms with E-state index in [9.17, 15) is 0 Å². The van der Waals surface area contributed by atoms with E-state index in [0.29, 0.717) is 0 Å². The molecule has 2 aliphatic rings. The van der Waals surface area contributed by atoms with Gasteiger partial charge in [-0.1, -0.05) is 12.2 Å². The van der Waals surface area contributed by atoms with Crippen molar-refractivity contribution < 1.29 is 0 Å². The maximum Gasteiger partial charge on any atom is 0.0950 e. The third-order valence-electron chi connectivity index (χ3n) is 2.36. The summed E-state index contributed by atoms with van der Waals surface area (Å²) >= 11 is 0. The molecule has 0 N–H and O–H groups in total.